The molecule has 4 rings (SSSR count). The summed E-state index contributed by atoms with van der Waals surface area (Å²) in [6.45, 7) is 3.15. The van der Waals surface area contributed by atoms with Crippen LogP contribution < -0.4 is 10.2 Å². The van der Waals surface area contributed by atoms with Crippen molar-refractivity contribution in [3.05, 3.63) is 78.4 Å². The predicted octanol–water partition coefficient (Wildman–Crippen LogP) is 4.71. The van der Waals surface area contributed by atoms with E-state index in [-0.39, 0.29) is 12.1 Å². The average molecular weight is 420 g/mol. The fourth-order valence-electron chi connectivity index (χ4n) is 4.08. The summed E-state index contributed by atoms with van der Waals surface area (Å²) in [7, 11) is 4.12. The van der Waals surface area contributed by atoms with Crippen LogP contribution in [0.25, 0.3) is 5.69 Å². The summed E-state index contributed by atoms with van der Waals surface area (Å²) in [5, 5.41) is 4.35. The molecule has 0 aliphatic carbocycles. The number of aromatic nitrogens is 2. The second kappa shape index (κ2) is 8.88. The zero-order valence-electron chi connectivity index (χ0n) is 17.8. The maximum absolute atomic E-state index is 5.76. The smallest absolute Gasteiger partial charge is 0.170 e. The van der Waals surface area contributed by atoms with Crippen LogP contribution in [0.5, 0.6) is 0 Å². The summed E-state index contributed by atoms with van der Waals surface area (Å²) in [5.41, 5.74) is 4.56. The molecule has 3 heterocycles. The largest absolute Gasteiger partial charge is 0.378 e. The fraction of sp³-hybridized carbons (Fsp3) is 0.333. The first-order valence-corrected chi connectivity index (χ1v) is 10.9. The van der Waals surface area contributed by atoms with Gasteiger partial charge in [-0.25, -0.2) is 0 Å². The number of nitrogens with one attached hydrogen (secondary N) is 1. The molecule has 1 aliphatic heterocycles. The van der Waals surface area contributed by atoms with Crippen molar-refractivity contribution in [3.8, 4) is 5.69 Å². The monoisotopic (exact) mass is 419 g/mol. The van der Waals surface area contributed by atoms with E-state index in [1.54, 1.807) is 0 Å². The number of hydrogen-bond donors (Lipinski definition) is 1. The van der Waals surface area contributed by atoms with Crippen LogP contribution in [0.3, 0.4) is 0 Å². The summed E-state index contributed by atoms with van der Waals surface area (Å²) in [6, 6.07) is 19.1. The Balaban J connectivity index is 1.75. The number of unbranched alkanes of at least 4 members (excludes halogenated alkanes) is 1. The van der Waals surface area contributed by atoms with E-state index in [0.29, 0.717) is 0 Å². The van der Waals surface area contributed by atoms with Crippen molar-refractivity contribution in [2.75, 3.05) is 25.5 Å². The molecule has 0 spiro atoms. The van der Waals surface area contributed by atoms with Gasteiger partial charge in [0, 0.05) is 50.1 Å². The SMILES string of the molecule is CCCCN1C(=S)NC(c2ccccn2)C1c1cccn1-c1ccc(N(C)C)cc1. The van der Waals surface area contributed by atoms with E-state index in [4.69, 9.17) is 12.2 Å². The third-order valence-electron chi connectivity index (χ3n) is 5.68. The fourth-order valence-corrected chi connectivity index (χ4v) is 4.41. The van der Waals surface area contributed by atoms with Crippen LogP contribution in [-0.4, -0.2) is 40.2 Å². The summed E-state index contributed by atoms with van der Waals surface area (Å²) in [6.07, 6.45) is 6.22. The van der Waals surface area contributed by atoms with Crippen molar-refractivity contribution in [3.63, 3.8) is 0 Å². The lowest BCUT2D eigenvalue weighted by molar-refractivity contribution is 0.304. The van der Waals surface area contributed by atoms with Crippen LogP contribution in [0, 0.1) is 0 Å². The zero-order valence-corrected chi connectivity index (χ0v) is 18.6. The molecule has 6 heteroatoms. The first-order valence-electron chi connectivity index (χ1n) is 10.5. The molecule has 3 aromatic rings. The molecule has 1 N–H and O–H groups in total. The number of nitrogens with zero attached hydrogens (tertiary/aromatic N) is 4. The Morgan fingerprint density at radius 1 is 1.07 bits per heavy atom. The molecular formula is C24H29N5S. The number of benzene rings is 1. The number of pyridine rings is 1. The molecule has 1 saturated heterocycles. The Morgan fingerprint density at radius 3 is 2.53 bits per heavy atom. The van der Waals surface area contributed by atoms with Gasteiger partial charge < -0.3 is 19.7 Å². The Hall–Kier alpha value is -2.86. The van der Waals surface area contributed by atoms with Gasteiger partial charge in [0.1, 0.15) is 0 Å². The van der Waals surface area contributed by atoms with E-state index >= 15 is 0 Å². The molecule has 2 atom stereocenters. The molecule has 0 bridgehead atoms. The normalized spacial score (nSPS) is 18.5. The second-order valence-electron chi connectivity index (χ2n) is 7.89. The summed E-state index contributed by atoms with van der Waals surface area (Å²) >= 11 is 5.76. The van der Waals surface area contributed by atoms with Crippen LogP contribution in [0.15, 0.2) is 67.0 Å². The molecule has 0 saturated carbocycles. The Kier molecular flexibility index (Phi) is 6.04. The molecule has 1 aromatic carbocycles. The maximum atomic E-state index is 5.76. The highest BCUT2D eigenvalue weighted by Gasteiger charge is 2.40. The van der Waals surface area contributed by atoms with Crippen LogP contribution in [0.2, 0.25) is 0 Å². The summed E-state index contributed by atoms with van der Waals surface area (Å²) in [4.78, 5) is 9.09. The lowest BCUT2D eigenvalue weighted by Gasteiger charge is -2.29. The molecule has 2 aromatic heterocycles. The molecule has 0 radical (unpaired) electrons. The van der Waals surface area contributed by atoms with Crippen LogP contribution >= 0.6 is 12.2 Å². The molecule has 0 amide bonds. The van der Waals surface area contributed by atoms with E-state index < -0.39 is 0 Å². The van der Waals surface area contributed by atoms with Gasteiger partial charge in [0.15, 0.2) is 5.11 Å². The Morgan fingerprint density at radius 2 is 1.87 bits per heavy atom. The highest BCUT2D eigenvalue weighted by atomic mass is 32.1. The highest BCUT2D eigenvalue weighted by Crippen LogP contribution is 2.39. The number of rotatable bonds is 7. The van der Waals surface area contributed by atoms with Crippen molar-refractivity contribution in [2.24, 2.45) is 0 Å². The van der Waals surface area contributed by atoms with Crippen LogP contribution in [0.1, 0.15) is 43.2 Å². The first kappa shape index (κ1) is 20.4. The molecule has 30 heavy (non-hydrogen) atoms. The van der Waals surface area contributed by atoms with E-state index in [1.165, 1.54) is 11.4 Å². The quantitative estimate of drug-likeness (QED) is 0.561. The van der Waals surface area contributed by atoms with Crippen molar-refractivity contribution in [2.45, 2.75) is 31.8 Å². The Labute approximate surface area is 184 Å². The molecule has 156 valence electrons. The van der Waals surface area contributed by atoms with Crippen molar-refractivity contribution in [1.82, 2.24) is 19.8 Å². The van der Waals surface area contributed by atoms with Gasteiger partial charge in [-0.2, -0.15) is 0 Å². The standard InChI is InChI=1S/C24H29N5S/c1-4-5-16-29-23(22(26-24(29)30)20-9-6-7-15-25-20)21-10-8-17-28(21)19-13-11-18(12-14-19)27(2)3/h6-15,17,22-23H,4-5,16H2,1-3H3,(H,26,30). The van der Waals surface area contributed by atoms with Crippen molar-refractivity contribution < 1.29 is 0 Å². The van der Waals surface area contributed by atoms with E-state index in [9.17, 15) is 0 Å². The van der Waals surface area contributed by atoms with Gasteiger partial charge in [-0.1, -0.05) is 19.4 Å². The zero-order chi connectivity index (χ0) is 21.1. The minimum atomic E-state index is 0.0188. The molecule has 2 unspecified atom stereocenters. The van der Waals surface area contributed by atoms with Crippen molar-refractivity contribution in [1.29, 1.82) is 0 Å². The van der Waals surface area contributed by atoms with Crippen LogP contribution in [-0.2, 0) is 0 Å². The maximum Gasteiger partial charge on any atom is 0.170 e. The van der Waals surface area contributed by atoms with Crippen molar-refractivity contribution >= 4 is 23.0 Å². The molecular weight excluding hydrogens is 390 g/mol. The number of anilines is 1. The average Bonchev–Trinajstić information content (AvgIpc) is 3.37. The topological polar surface area (TPSA) is 36.3 Å². The molecule has 1 aliphatic rings. The molecule has 5 nitrogen and oxygen atoms in total. The van der Waals surface area contributed by atoms with Crippen LogP contribution in [0.4, 0.5) is 5.69 Å². The van der Waals surface area contributed by atoms with E-state index in [0.717, 1.165) is 35.9 Å². The van der Waals surface area contributed by atoms with E-state index in [1.807, 2.05) is 18.3 Å². The second-order valence-corrected chi connectivity index (χ2v) is 8.27. The van der Waals surface area contributed by atoms with Gasteiger partial charge in [0.25, 0.3) is 0 Å². The number of thiocarbonyl (C=S) groups is 1. The van der Waals surface area contributed by atoms with Gasteiger partial charge in [-0.3, -0.25) is 4.98 Å². The van der Waals surface area contributed by atoms with Gasteiger partial charge in [0.05, 0.1) is 17.8 Å². The lowest BCUT2D eigenvalue weighted by atomic mass is 10.0. The van der Waals surface area contributed by atoms with Gasteiger partial charge >= 0.3 is 0 Å². The van der Waals surface area contributed by atoms with Gasteiger partial charge in [-0.05, 0) is 67.2 Å². The first-order chi connectivity index (χ1) is 14.6. The minimum Gasteiger partial charge on any atom is -0.378 e. The van der Waals surface area contributed by atoms with Gasteiger partial charge in [-0.15, -0.1) is 0 Å². The Bertz CT molecular complexity index is 980. The minimum absolute atomic E-state index is 0.0188. The highest BCUT2D eigenvalue weighted by molar-refractivity contribution is 7.80. The third kappa shape index (κ3) is 3.92. The van der Waals surface area contributed by atoms with E-state index in [2.05, 4.69) is 94.3 Å². The summed E-state index contributed by atoms with van der Waals surface area (Å²) in [5.74, 6) is 0. The number of hydrogen-bond acceptors (Lipinski definition) is 3. The van der Waals surface area contributed by atoms with Gasteiger partial charge in [0.2, 0.25) is 0 Å². The third-order valence-corrected chi connectivity index (χ3v) is 6.03. The summed E-state index contributed by atoms with van der Waals surface area (Å²) < 4.78 is 2.27. The molecule has 1 fully saturated rings. The predicted molar refractivity (Wildman–Crippen MR) is 127 cm³/mol. The lowest BCUT2D eigenvalue weighted by Crippen LogP contribution is -2.31.